The molecule has 1 aromatic carbocycles. The second kappa shape index (κ2) is 30.1. The predicted molar refractivity (Wildman–Crippen MR) is 178 cm³/mol. The first-order valence-corrected chi connectivity index (χ1v) is 18.1. The van der Waals surface area contributed by atoms with Crippen LogP contribution in [-0.4, -0.2) is 24.5 Å². The predicted octanol–water partition coefficient (Wildman–Crippen LogP) is 12.7. The van der Waals surface area contributed by atoms with E-state index in [0.717, 1.165) is 0 Å². The van der Waals surface area contributed by atoms with Gasteiger partial charge in [0, 0.05) is 6.54 Å². The lowest BCUT2D eigenvalue weighted by Crippen LogP contribution is -2.28. The molecule has 39 heavy (non-hydrogen) atoms. The summed E-state index contributed by atoms with van der Waals surface area (Å²) in [5.41, 5.74) is 1.50. The van der Waals surface area contributed by atoms with Crippen molar-refractivity contribution in [3.8, 4) is 0 Å². The van der Waals surface area contributed by atoms with E-state index in [9.17, 15) is 0 Å². The quantitative estimate of drug-likeness (QED) is 0.0845. The third kappa shape index (κ3) is 25.9. The van der Waals surface area contributed by atoms with Gasteiger partial charge in [0.2, 0.25) is 0 Å². The van der Waals surface area contributed by atoms with Crippen molar-refractivity contribution in [2.45, 2.75) is 187 Å². The topological polar surface area (TPSA) is 3.24 Å². The largest absolute Gasteiger partial charge is 0.303 e. The van der Waals surface area contributed by atoms with Crippen molar-refractivity contribution in [3.63, 3.8) is 0 Å². The summed E-state index contributed by atoms with van der Waals surface area (Å²) in [6.45, 7) is 8.47. The van der Waals surface area contributed by atoms with E-state index in [1.165, 1.54) is 199 Å². The van der Waals surface area contributed by atoms with Gasteiger partial charge in [-0.15, -0.1) is 0 Å². The van der Waals surface area contributed by atoms with Gasteiger partial charge in [0.25, 0.3) is 0 Å². The highest BCUT2D eigenvalue weighted by atomic mass is 15.1. The number of hydrogen-bond acceptors (Lipinski definition) is 1. The Morgan fingerprint density at radius 3 is 1.00 bits per heavy atom. The third-order valence-corrected chi connectivity index (χ3v) is 8.72. The average Bonchev–Trinajstić information content (AvgIpc) is 2.96. The van der Waals surface area contributed by atoms with Crippen LogP contribution in [0.4, 0.5) is 0 Å². The van der Waals surface area contributed by atoms with Gasteiger partial charge < -0.3 is 4.90 Å². The molecule has 0 fully saturated rings. The van der Waals surface area contributed by atoms with Crippen LogP contribution in [0.3, 0.4) is 0 Å². The lowest BCUT2D eigenvalue weighted by molar-refractivity contribution is 0.263. The molecular formula is C38H71N. The van der Waals surface area contributed by atoms with Crippen molar-refractivity contribution in [1.82, 2.24) is 4.90 Å². The lowest BCUT2D eigenvalue weighted by Gasteiger charge is -2.22. The van der Waals surface area contributed by atoms with Gasteiger partial charge in [0.05, 0.1) is 0 Å². The number of nitrogens with zero attached hydrogens (tertiary/aromatic N) is 1. The molecule has 1 aromatic rings. The highest BCUT2D eigenvalue weighted by Crippen LogP contribution is 2.15. The molecule has 0 aliphatic carbocycles. The Bertz CT molecular complexity index is 537. The molecular weight excluding hydrogens is 470 g/mol. The Labute approximate surface area is 247 Å². The van der Waals surface area contributed by atoms with Gasteiger partial charge in [-0.3, -0.25) is 0 Å². The number of hydrogen-bond donors (Lipinski definition) is 0. The fourth-order valence-corrected chi connectivity index (χ4v) is 5.97. The second-order valence-corrected chi connectivity index (χ2v) is 12.6. The van der Waals surface area contributed by atoms with Crippen LogP contribution in [0.5, 0.6) is 0 Å². The van der Waals surface area contributed by atoms with E-state index in [4.69, 9.17) is 0 Å². The molecule has 0 bridgehead atoms. The minimum atomic E-state index is 1.21. The Morgan fingerprint density at radius 1 is 0.359 bits per heavy atom. The van der Waals surface area contributed by atoms with E-state index in [2.05, 4.69) is 49.1 Å². The van der Waals surface area contributed by atoms with Crippen LogP contribution in [0, 0.1) is 0 Å². The Hall–Kier alpha value is -0.820. The van der Waals surface area contributed by atoms with Gasteiger partial charge in [0.15, 0.2) is 0 Å². The summed E-state index contributed by atoms with van der Waals surface area (Å²) in [5, 5.41) is 0. The van der Waals surface area contributed by atoms with E-state index >= 15 is 0 Å². The molecule has 0 spiro atoms. The fraction of sp³-hybridized carbons (Fsp3) is 0.842. The summed E-state index contributed by atoms with van der Waals surface area (Å²) in [6, 6.07) is 11.1. The summed E-state index contributed by atoms with van der Waals surface area (Å²) < 4.78 is 0. The zero-order valence-electron chi connectivity index (χ0n) is 27.0. The third-order valence-electron chi connectivity index (χ3n) is 8.72. The first-order chi connectivity index (χ1) is 19.4. The molecule has 0 atom stereocenters. The summed E-state index contributed by atoms with van der Waals surface area (Å²) in [6.07, 6.45) is 38.8. The van der Waals surface area contributed by atoms with Crippen molar-refractivity contribution >= 4 is 0 Å². The van der Waals surface area contributed by atoms with Gasteiger partial charge in [0.1, 0.15) is 0 Å². The van der Waals surface area contributed by atoms with Crippen LogP contribution in [-0.2, 0) is 6.42 Å². The van der Waals surface area contributed by atoms with Crippen molar-refractivity contribution < 1.29 is 0 Å². The van der Waals surface area contributed by atoms with Crippen molar-refractivity contribution in [2.75, 3.05) is 19.6 Å². The van der Waals surface area contributed by atoms with Crippen LogP contribution in [0.15, 0.2) is 30.3 Å². The minimum absolute atomic E-state index is 1.21. The first kappa shape index (κ1) is 36.2. The van der Waals surface area contributed by atoms with Crippen LogP contribution in [0.1, 0.15) is 186 Å². The molecule has 1 heteroatoms. The maximum absolute atomic E-state index is 2.78. The zero-order chi connectivity index (χ0) is 27.9. The van der Waals surface area contributed by atoms with Gasteiger partial charge in [-0.25, -0.2) is 0 Å². The number of rotatable bonds is 31. The molecule has 228 valence electrons. The van der Waals surface area contributed by atoms with Gasteiger partial charge in [-0.2, -0.15) is 0 Å². The van der Waals surface area contributed by atoms with Crippen LogP contribution >= 0.6 is 0 Å². The molecule has 1 rings (SSSR count). The molecule has 0 heterocycles. The standard InChI is InChI=1S/C38H71N/c1-3-5-7-9-11-13-15-17-19-21-23-25-30-35-39(37-34-38-32-28-27-29-33-38)36-31-26-24-22-20-18-16-14-12-10-8-6-4-2/h27-29,32-33H,3-26,30-31,34-37H2,1-2H3. The van der Waals surface area contributed by atoms with E-state index in [0.29, 0.717) is 0 Å². The van der Waals surface area contributed by atoms with Gasteiger partial charge in [-0.1, -0.05) is 198 Å². The maximum Gasteiger partial charge on any atom is 0.00218 e. The molecule has 0 radical (unpaired) electrons. The molecule has 0 N–H and O–H groups in total. The first-order valence-electron chi connectivity index (χ1n) is 18.1. The molecule has 0 amide bonds. The van der Waals surface area contributed by atoms with E-state index in [-0.39, 0.29) is 0 Å². The second-order valence-electron chi connectivity index (χ2n) is 12.6. The monoisotopic (exact) mass is 542 g/mol. The Morgan fingerprint density at radius 2 is 0.667 bits per heavy atom. The number of unbranched alkanes of at least 4 members (excludes halogenated alkanes) is 24. The summed E-state index contributed by atoms with van der Waals surface area (Å²) >= 11 is 0. The lowest BCUT2D eigenvalue weighted by atomic mass is 10.0. The van der Waals surface area contributed by atoms with E-state index in [1.807, 2.05) is 0 Å². The molecule has 0 saturated carbocycles. The molecule has 0 aliphatic heterocycles. The Kier molecular flexibility index (Phi) is 28.0. The zero-order valence-corrected chi connectivity index (χ0v) is 27.0. The molecule has 1 nitrogen and oxygen atoms in total. The summed E-state index contributed by atoms with van der Waals surface area (Å²) in [4.78, 5) is 2.78. The number of benzene rings is 1. The van der Waals surface area contributed by atoms with Gasteiger partial charge >= 0.3 is 0 Å². The minimum Gasteiger partial charge on any atom is -0.303 e. The van der Waals surface area contributed by atoms with E-state index < -0.39 is 0 Å². The molecule has 0 aliphatic rings. The van der Waals surface area contributed by atoms with Crippen molar-refractivity contribution in [3.05, 3.63) is 35.9 Å². The fourth-order valence-electron chi connectivity index (χ4n) is 5.97. The maximum atomic E-state index is 2.78. The van der Waals surface area contributed by atoms with Crippen LogP contribution in [0.25, 0.3) is 0 Å². The van der Waals surface area contributed by atoms with Gasteiger partial charge in [-0.05, 0) is 37.9 Å². The summed E-state index contributed by atoms with van der Waals surface area (Å²) in [5.74, 6) is 0. The normalized spacial score (nSPS) is 11.6. The Balaban J connectivity index is 2.05. The SMILES string of the molecule is CCCCCCCCCCCCCCCN(CCCCCCCCCCCCCCC)CCc1ccccc1. The molecule has 0 unspecified atom stereocenters. The molecule has 0 saturated heterocycles. The van der Waals surface area contributed by atoms with Crippen LogP contribution in [0.2, 0.25) is 0 Å². The van der Waals surface area contributed by atoms with Crippen LogP contribution < -0.4 is 0 Å². The van der Waals surface area contributed by atoms with Crippen molar-refractivity contribution in [1.29, 1.82) is 0 Å². The highest BCUT2D eigenvalue weighted by Gasteiger charge is 2.06. The molecule has 0 aromatic heterocycles. The van der Waals surface area contributed by atoms with E-state index in [1.54, 1.807) is 0 Å². The summed E-state index contributed by atoms with van der Waals surface area (Å²) in [7, 11) is 0. The highest BCUT2D eigenvalue weighted by molar-refractivity contribution is 5.14. The van der Waals surface area contributed by atoms with Crippen molar-refractivity contribution in [2.24, 2.45) is 0 Å². The smallest absolute Gasteiger partial charge is 0.00218 e. The average molecular weight is 542 g/mol.